The normalized spacial score (nSPS) is 11.7. The van der Waals surface area contributed by atoms with Crippen LogP contribution in [0.3, 0.4) is 0 Å². The molecule has 0 unspecified atom stereocenters. The van der Waals surface area contributed by atoms with Crippen molar-refractivity contribution in [2.45, 2.75) is 32.7 Å². The van der Waals surface area contributed by atoms with Crippen LogP contribution in [0.2, 0.25) is 0 Å². The van der Waals surface area contributed by atoms with E-state index in [4.69, 9.17) is 5.73 Å². The minimum atomic E-state index is 0.0137. The monoisotopic (exact) mass is 166 g/mol. The Morgan fingerprint density at radius 3 is 2.58 bits per heavy atom. The van der Waals surface area contributed by atoms with Crippen LogP contribution in [0.4, 0.5) is 0 Å². The van der Waals surface area contributed by atoms with Crippen LogP contribution in [0.15, 0.2) is 6.20 Å². The maximum absolute atomic E-state index is 5.40. The van der Waals surface area contributed by atoms with E-state index >= 15 is 0 Å². The van der Waals surface area contributed by atoms with E-state index in [2.05, 4.69) is 36.0 Å². The lowest BCUT2D eigenvalue weighted by atomic mass is 9.93. The minimum Gasteiger partial charge on any atom is -0.324 e. The molecule has 0 saturated carbocycles. The largest absolute Gasteiger partial charge is 0.324 e. The molecule has 0 atom stereocenters. The van der Waals surface area contributed by atoms with Crippen molar-refractivity contribution in [3.05, 3.63) is 17.7 Å². The third-order valence-electron chi connectivity index (χ3n) is 1.55. The van der Waals surface area contributed by atoms with Crippen LogP contribution in [-0.4, -0.2) is 15.2 Å². The number of nitrogens with two attached hydrogens (primary N) is 1. The van der Waals surface area contributed by atoms with E-state index in [-0.39, 0.29) is 5.41 Å². The molecule has 1 heterocycles. The number of hydrogen-bond acceptors (Lipinski definition) is 4. The van der Waals surface area contributed by atoms with Crippen LogP contribution in [0.25, 0.3) is 0 Å². The molecule has 0 bridgehead atoms. The summed E-state index contributed by atoms with van der Waals surface area (Å²) in [6.07, 6.45) is 1.68. The van der Waals surface area contributed by atoms with Gasteiger partial charge in [0.15, 0.2) is 5.82 Å². The van der Waals surface area contributed by atoms with Crippen molar-refractivity contribution in [3.63, 3.8) is 0 Å². The molecule has 1 aromatic rings. The van der Waals surface area contributed by atoms with Gasteiger partial charge in [0.1, 0.15) is 0 Å². The van der Waals surface area contributed by atoms with Gasteiger partial charge in [-0.2, -0.15) is 5.10 Å². The van der Waals surface area contributed by atoms with Gasteiger partial charge < -0.3 is 5.73 Å². The molecule has 0 aromatic carbocycles. The Morgan fingerprint density at radius 1 is 1.42 bits per heavy atom. The summed E-state index contributed by atoms with van der Waals surface area (Å²) in [5.74, 6) is 0.599. The second kappa shape index (κ2) is 3.15. The second-order valence-corrected chi connectivity index (χ2v) is 3.71. The predicted molar refractivity (Wildman–Crippen MR) is 46.4 cm³/mol. The Hall–Kier alpha value is -1.03. The number of nitrogens with zero attached hydrogens (tertiary/aromatic N) is 3. The molecule has 4 nitrogen and oxygen atoms in total. The third kappa shape index (κ3) is 1.98. The van der Waals surface area contributed by atoms with Gasteiger partial charge in [-0.25, -0.2) is 4.98 Å². The molecule has 1 aromatic heterocycles. The fraction of sp³-hybridized carbons (Fsp3) is 0.625. The van der Waals surface area contributed by atoms with E-state index in [0.717, 1.165) is 5.69 Å². The summed E-state index contributed by atoms with van der Waals surface area (Å²) in [6, 6.07) is 0. The molecule has 1 rings (SSSR count). The lowest BCUT2D eigenvalue weighted by Crippen LogP contribution is -2.17. The fourth-order valence-corrected chi connectivity index (χ4v) is 0.788. The quantitative estimate of drug-likeness (QED) is 0.664. The minimum absolute atomic E-state index is 0.0137. The Morgan fingerprint density at radius 2 is 2.08 bits per heavy atom. The maximum Gasteiger partial charge on any atom is 0.164 e. The first-order valence-electron chi connectivity index (χ1n) is 3.93. The van der Waals surface area contributed by atoms with Crippen molar-refractivity contribution in [2.75, 3.05) is 0 Å². The van der Waals surface area contributed by atoms with Crippen LogP contribution in [0.1, 0.15) is 32.3 Å². The van der Waals surface area contributed by atoms with Crippen LogP contribution >= 0.6 is 0 Å². The molecule has 0 aliphatic heterocycles. The number of rotatable bonds is 1. The molecule has 66 valence electrons. The highest BCUT2D eigenvalue weighted by Crippen LogP contribution is 2.18. The smallest absolute Gasteiger partial charge is 0.164 e. The third-order valence-corrected chi connectivity index (χ3v) is 1.55. The van der Waals surface area contributed by atoms with Gasteiger partial charge >= 0.3 is 0 Å². The molecule has 4 heteroatoms. The molecule has 12 heavy (non-hydrogen) atoms. The molecule has 0 aliphatic rings. The molecule has 0 radical (unpaired) electrons. The van der Waals surface area contributed by atoms with Gasteiger partial charge in [0.2, 0.25) is 0 Å². The van der Waals surface area contributed by atoms with E-state index in [0.29, 0.717) is 12.4 Å². The van der Waals surface area contributed by atoms with Gasteiger partial charge in [-0.3, -0.25) is 0 Å². The van der Waals surface area contributed by atoms with Gasteiger partial charge in [0.05, 0.1) is 18.4 Å². The van der Waals surface area contributed by atoms with E-state index < -0.39 is 0 Å². The highest BCUT2D eigenvalue weighted by atomic mass is 15.1. The van der Waals surface area contributed by atoms with Crippen molar-refractivity contribution in [1.29, 1.82) is 0 Å². The van der Waals surface area contributed by atoms with E-state index in [9.17, 15) is 0 Å². The fourth-order valence-electron chi connectivity index (χ4n) is 0.788. The number of aromatic nitrogens is 3. The first-order chi connectivity index (χ1) is 5.54. The van der Waals surface area contributed by atoms with Crippen molar-refractivity contribution in [3.8, 4) is 0 Å². The zero-order valence-electron chi connectivity index (χ0n) is 7.70. The summed E-state index contributed by atoms with van der Waals surface area (Å²) in [4.78, 5) is 4.26. The summed E-state index contributed by atoms with van der Waals surface area (Å²) >= 11 is 0. The average molecular weight is 166 g/mol. The predicted octanol–water partition coefficient (Wildman–Crippen LogP) is 0.628. The van der Waals surface area contributed by atoms with E-state index in [1.165, 1.54) is 0 Å². The molecule has 0 aliphatic carbocycles. The van der Waals surface area contributed by atoms with Crippen molar-refractivity contribution in [1.82, 2.24) is 15.2 Å². The highest BCUT2D eigenvalue weighted by Gasteiger charge is 2.16. The van der Waals surface area contributed by atoms with Gasteiger partial charge in [0.25, 0.3) is 0 Å². The van der Waals surface area contributed by atoms with Crippen molar-refractivity contribution >= 4 is 0 Å². The van der Waals surface area contributed by atoms with Gasteiger partial charge in [-0.15, -0.1) is 5.10 Å². The molecule has 0 saturated heterocycles. The van der Waals surface area contributed by atoms with Gasteiger partial charge in [-0.05, 0) is 0 Å². The molecule has 0 fully saturated rings. The summed E-state index contributed by atoms with van der Waals surface area (Å²) in [6.45, 7) is 6.59. The Labute approximate surface area is 72.2 Å². The molecule has 2 N–H and O–H groups in total. The SMILES string of the molecule is CC(C)(C)c1cnnc(CN)n1. The van der Waals surface area contributed by atoms with Gasteiger partial charge in [-0.1, -0.05) is 20.8 Å². The maximum atomic E-state index is 5.40. The summed E-state index contributed by atoms with van der Waals surface area (Å²) < 4.78 is 0. The zero-order valence-corrected chi connectivity index (χ0v) is 7.70. The highest BCUT2D eigenvalue weighted by molar-refractivity contribution is 5.08. The first-order valence-corrected chi connectivity index (χ1v) is 3.93. The standard InChI is InChI=1S/C8H14N4/c1-8(2,3)6-5-10-12-7(4-9)11-6/h5H,4,9H2,1-3H3. The lowest BCUT2D eigenvalue weighted by Gasteiger charge is -2.16. The summed E-state index contributed by atoms with van der Waals surface area (Å²) in [5.41, 5.74) is 6.34. The molecule has 0 amide bonds. The lowest BCUT2D eigenvalue weighted by molar-refractivity contribution is 0.554. The van der Waals surface area contributed by atoms with Crippen molar-refractivity contribution in [2.24, 2.45) is 5.73 Å². The zero-order chi connectivity index (χ0) is 9.19. The Kier molecular flexibility index (Phi) is 2.38. The first kappa shape index (κ1) is 9.06. The van der Waals surface area contributed by atoms with Crippen LogP contribution in [-0.2, 0) is 12.0 Å². The number of hydrogen-bond donors (Lipinski definition) is 1. The van der Waals surface area contributed by atoms with Crippen LogP contribution < -0.4 is 5.73 Å². The molecular weight excluding hydrogens is 152 g/mol. The van der Waals surface area contributed by atoms with Gasteiger partial charge in [0, 0.05) is 5.41 Å². The Balaban J connectivity index is 3.02. The van der Waals surface area contributed by atoms with E-state index in [1.54, 1.807) is 6.20 Å². The van der Waals surface area contributed by atoms with Crippen molar-refractivity contribution < 1.29 is 0 Å². The topological polar surface area (TPSA) is 64.7 Å². The summed E-state index contributed by atoms with van der Waals surface area (Å²) in [5, 5.41) is 7.61. The second-order valence-electron chi connectivity index (χ2n) is 3.71. The van der Waals surface area contributed by atoms with Crippen LogP contribution in [0, 0.1) is 0 Å². The Bertz CT molecular complexity index is 264. The average Bonchev–Trinajstić information content (AvgIpc) is 2.03. The van der Waals surface area contributed by atoms with Crippen LogP contribution in [0.5, 0.6) is 0 Å². The van der Waals surface area contributed by atoms with E-state index in [1.807, 2.05) is 0 Å². The molecule has 0 spiro atoms. The molecular formula is C8H14N4. The summed E-state index contributed by atoms with van der Waals surface area (Å²) in [7, 11) is 0.